The zero-order valence-corrected chi connectivity index (χ0v) is 14.9. The van der Waals surface area contributed by atoms with Crippen molar-refractivity contribution in [3.05, 3.63) is 70.8 Å². The first-order valence-electron chi connectivity index (χ1n) is 8.73. The van der Waals surface area contributed by atoms with Crippen LogP contribution in [0.1, 0.15) is 27.0 Å². The van der Waals surface area contributed by atoms with Gasteiger partial charge in [-0.2, -0.15) is 0 Å². The van der Waals surface area contributed by atoms with Crippen molar-refractivity contribution in [2.45, 2.75) is 20.3 Å². The summed E-state index contributed by atoms with van der Waals surface area (Å²) < 4.78 is 0. The molecule has 1 aliphatic rings. The van der Waals surface area contributed by atoms with Gasteiger partial charge in [0.15, 0.2) is 0 Å². The van der Waals surface area contributed by atoms with Crippen LogP contribution in [-0.4, -0.2) is 47.8 Å². The van der Waals surface area contributed by atoms with E-state index in [0.29, 0.717) is 32.6 Å². The van der Waals surface area contributed by atoms with Gasteiger partial charge in [0.25, 0.3) is 5.91 Å². The number of hydrogen-bond acceptors (Lipinski definition) is 2. The van der Waals surface area contributed by atoms with Crippen molar-refractivity contribution in [2.24, 2.45) is 0 Å². The zero-order chi connectivity index (χ0) is 17.8. The van der Waals surface area contributed by atoms with E-state index < -0.39 is 0 Å². The number of carbonyl (C=O) groups excluding carboxylic acids is 2. The van der Waals surface area contributed by atoms with Gasteiger partial charge >= 0.3 is 0 Å². The van der Waals surface area contributed by atoms with E-state index >= 15 is 0 Å². The molecular weight excluding hydrogens is 312 g/mol. The van der Waals surface area contributed by atoms with E-state index in [9.17, 15) is 9.59 Å². The highest BCUT2D eigenvalue weighted by Crippen LogP contribution is 2.15. The Bertz CT molecular complexity index is 763. The second-order valence-corrected chi connectivity index (χ2v) is 6.65. The predicted molar refractivity (Wildman–Crippen MR) is 98.5 cm³/mol. The maximum atomic E-state index is 12.8. The van der Waals surface area contributed by atoms with Gasteiger partial charge in [-0.25, -0.2) is 0 Å². The molecule has 2 aromatic carbocycles. The second-order valence-electron chi connectivity index (χ2n) is 6.65. The monoisotopic (exact) mass is 336 g/mol. The summed E-state index contributed by atoms with van der Waals surface area (Å²) in [5, 5.41) is 0. The lowest BCUT2D eigenvalue weighted by atomic mass is 10.0. The Hall–Kier alpha value is -2.62. The Morgan fingerprint density at radius 2 is 1.52 bits per heavy atom. The Balaban J connectivity index is 1.59. The first-order valence-corrected chi connectivity index (χ1v) is 8.73. The molecule has 0 aromatic heterocycles. The summed E-state index contributed by atoms with van der Waals surface area (Å²) >= 11 is 0. The third-order valence-electron chi connectivity index (χ3n) is 4.74. The van der Waals surface area contributed by atoms with E-state index in [-0.39, 0.29) is 11.8 Å². The van der Waals surface area contributed by atoms with Crippen molar-refractivity contribution in [1.82, 2.24) is 9.80 Å². The molecule has 4 heteroatoms. The summed E-state index contributed by atoms with van der Waals surface area (Å²) in [5.41, 5.74) is 3.88. The average molecular weight is 336 g/mol. The highest BCUT2D eigenvalue weighted by Gasteiger charge is 2.25. The minimum absolute atomic E-state index is 0.0661. The average Bonchev–Trinajstić information content (AvgIpc) is 2.64. The number of benzene rings is 2. The fourth-order valence-electron chi connectivity index (χ4n) is 3.18. The van der Waals surface area contributed by atoms with Gasteiger partial charge in [0.2, 0.25) is 5.91 Å². The molecule has 0 N–H and O–H groups in total. The molecule has 130 valence electrons. The van der Waals surface area contributed by atoms with Crippen molar-refractivity contribution in [3.8, 4) is 0 Å². The van der Waals surface area contributed by atoms with Gasteiger partial charge < -0.3 is 9.80 Å². The standard InChI is InChI=1S/C21H24N2O2/c1-16-8-9-17(2)19(14-16)21(25)23-12-10-22(11-13-23)20(24)15-18-6-4-3-5-7-18/h3-9,14H,10-13,15H2,1-2H3. The van der Waals surface area contributed by atoms with Crippen molar-refractivity contribution in [1.29, 1.82) is 0 Å². The Morgan fingerprint density at radius 1 is 0.880 bits per heavy atom. The van der Waals surface area contributed by atoms with Gasteiger partial charge in [-0.05, 0) is 31.0 Å². The first kappa shape index (κ1) is 17.2. The first-order chi connectivity index (χ1) is 12.0. The summed E-state index contributed by atoms with van der Waals surface area (Å²) in [4.78, 5) is 28.9. The number of carbonyl (C=O) groups is 2. The van der Waals surface area contributed by atoms with Crippen LogP contribution in [0.15, 0.2) is 48.5 Å². The molecule has 25 heavy (non-hydrogen) atoms. The van der Waals surface area contributed by atoms with Crippen LogP contribution in [0.3, 0.4) is 0 Å². The van der Waals surface area contributed by atoms with Crippen molar-refractivity contribution in [2.75, 3.05) is 26.2 Å². The number of rotatable bonds is 3. The van der Waals surface area contributed by atoms with Crippen LogP contribution in [0.25, 0.3) is 0 Å². The van der Waals surface area contributed by atoms with Crippen LogP contribution in [0.4, 0.5) is 0 Å². The van der Waals surface area contributed by atoms with Gasteiger partial charge in [0.1, 0.15) is 0 Å². The van der Waals surface area contributed by atoms with Crippen molar-refractivity contribution < 1.29 is 9.59 Å². The van der Waals surface area contributed by atoms with E-state index in [2.05, 4.69) is 0 Å². The Kier molecular flexibility index (Phi) is 5.17. The quantitative estimate of drug-likeness (QED) is 0.865. The normalized spacial score (nSPS) is 14.5. The molecule has 0 aliphatic carbocycles. The van der Waals surface area contributed by atoms with Crippen LogP contribution in [0, 0.1) is 13.8 Å². The highest BCUT2D eigenvalue weighted by atomic mass is 16.2. The molecule has 0 unspecified atom stereocenters. The van der Waals surface area contributed by atoms with Crippen LogP contribution in [-0.2, 0) is 11.2 Å². The van der Waals surface area contributed by atoms with Gasteiger partial charge in [0.05, 0.1) is 6.42 Å². The predicted octanol–water partition coefficient (Wildman–Crippen LogP) is 2.83. The maximum absolute atomic E-state index is 12.8. The molecule has 4 nitrogen and oxygen atoms in total. The molecule has 1 heterocycles. The topological polar surface area (TPSA) is 40.6 Å². The smallest absolute Gasteiger partial charge is 0.254 e. The highest BCUT2D eigenvalue weighted by molar-refractivity contribution is 5.96. The number of hydrogen-bond donors (Lipinski definition) is 0. The molecule has 3 rings (SSSR count). The van der Waals surface area contributed by atoms with Crippen molar-refractivity contribution in [3.63, 3.8) is 0 Å². The number of amides is 2. The van der Waals surface area contributed by atoms with Crippen LogP contribution < -0.4 is 0 Å². The number of aryl methyl sites for hydroxylation is 2. The minimum Gasteiger partial charge on any atom is -0.339 e. The second kappa shape index (κ2) is 7.51. The molecule has 0 saturated carbocycles. The third-order valence-corrected chi connectivity index (χ3v) is 4.74. The van der Waals surface area contributed by atoms with Gasteiger partial charge in [0, 0.05) is 31.7 Å². The van der Waals surface area contributed by atoms with Gasteiger partial charge in [-0.1, -0.05) is 48.0 Å². The molecule has 1 aliphatic heterocycles. The lowest BCUT2D eigenvalue weighted by molar-refractivity contribution is -0.131. The van der Waals surface area contributed by atoms with Gasteiger partial charge in [-0.15, -0.1) is 0 Å². The number of nitrogens with zero attached hydrogens (tertiary/aromatic N) is 2. The van der Waals surface area contributed by atoms with Crippen LogP contribution in [0.2, 0.25) is 0 Å². The Morgan fingerprint density at radius 3 is 2.20 bits per heavy atom. The Labute approximate surface area is 149 Å². The largest absolute Gasteiger partial charge is 0.339 e. The van der Waals surface area contributed by atoms with Gasteiger partial charge in [-0.3, -0.25) is 9.59 Å². The lowest BCUT2D eigenvalue weighted by Gasteiger charge is -2.35. The zero-order valence-electron chi connectivity index (χ0n) is 14.9. The molecule has 0 atom stereocenters. The summed E-state index contributed by atoms with van der Waals surface area (Å²) in [6.07, 6.45) is 0.422. The van der Waals surface area contributed by atoms with E-state index in [1.54, 1.807) is 0 Å². The molecule has 2 amide bonds. The summed E-state index contributed by atoms with van der Waals surface area (Å²) in [5.74, 6) is 0.196. The van der Waals surface area contributed by atoms with Crippen molar-refractivity contribution >= 4 is 11.8 Å². The van der Waals surface area contributed by atoms with Crippen LogP contribution in [0.5, 0.6) is 0 Å². The van der Waals surface area contributed by atoms with E-state index in [1.165, 1.54) is 0 Å². The summed E-state index contributed by atoms with van der Waals surface area (Å²) in [6, 6.07) is 15.7. The molecule has 0 spiro atoms. The molecule has 1 fully saturated rings. The van der Waals surface area contributed by atoms with E-state index in [1.807, 2.05) is 72.2 Å². The molecular formula is C21H24N2O2. The summed E-state index contributed by atoms with van der Waals surface area (Å²) in [7, 11) is 0. The minimum atomic E-state index is 0.0661. The molecule has 0 radical (unpaired) electrons. The third kappa shape index (κ3) is 4.08. The summed E-state index contributed by atoms with van der Waals surface area (Å²) in [6.45, 7) is 6.34. The lowest BCUT2D eigenvalue weighted by Crippen LogP contribution is -2.51. The van der Waals surface area contributed by atoms with E-state index in [4.69, 9.17) is 0 Å². The maximum Gasteiger partial charge on any atom is 0.254 e. The molecule has 0 bridgehead atoms. The number of piperazine rings is 1. The fourth-order valence-corrected chi connectivity index (χ4v) is 3.18. The van der Waals surface area contributed by atoms with Crippen LogP contribution >= 0.6 is 0 Å². The molecule has 2 aromatic rings. The fraction of sp³-hybridized carbons (Fsp3) is 0.333. The van der Waals surface area contributed by atoms with E-state index in [0.717, 1.165) is 22.3 Å². The molecule has 1 saturated heterocycles. The SMILES string of the molecule is Cc1ccc(C)c(C(=O)N2CCN(C(=O)Cc3ccccc3)CC2)c1.